The van der Waals surface area contributed by atoms with Gasteiger partial charge in [-0.2, -0.15) is 0 Å². The van der Waals surface area contributed by atoms with Crippen LogP contribution in [-0.4, -0.2) is 41.5 Å². The van der Waals surface area contributed by atoms with E-state index >= 15 is 0 Å². The summed E-state index contributed by atoms with van der Waals surface area (Å²) in [6, 6.07) is 13.0. The van der Waals surface area contributed by atoms with Gasteiger partial charge in [0.25, 0.3) is 0 Å². The highest BCUT2D eigenvalue weighted by atomic mass is 16.5. The number of carbonyl (C=O) groups is 2. The van der Waals surface area contributed by atoms with Crippen LogP contribution in [0.1, 0.15) is 43.4 Å². The predicted molar refractivity (Wildman–Crippen MR) is 115 cm³/mol. The number of urea groups is 1. The van der Waals surface area contributed by atoms with E-state index in [2.05, 4.69) is 15.6 Å². The fourth-order valence-corrected chi connectivity index (χ4v) is 3.35. The highest BCUT2D eigenvalue weighted by molar-refractivity contribution is 5.78. The van der Waals surface area contributed by atoms with Crippen LogP contribution in [0.4, 0.5) is 4.79 Å². The van der Waals surface area contributed by atoms with E-state index in [-0.39, 0.29) is 11.9 Å². The van der Waals surface area contributed by atoms with E-state index in [1.807, 2.05) is 47.4 Å². The lowest BCUT2D eigenvalue weighted by Gasteiger charge is -2.20. The summed E-state index contributed by atoms with van der Waals surface area (Å²) in [7, 11) is 0. The van der Waals surface area contributed by atoms with Gasteiger partial charge in [0.1, 0.15) is 12.4 Å². The van der Waals surface area contributed by atoms with E-state index < -0.39 is 0 Å². The van der Waals surface area contributed by atoms with Crippen LogP contribution in [0, 0.1) is 0 Å². The molecule has 3 rings (SSSR count). The smallest absolute Gasteiger partial charge is 0.315 e. The van der Waals surface area contributed by atoms with Crippen molar-refractivity contribution in [2.24, 2.45) is 0 Å². The zero-order chi connectivity index (χ0) is 21.0. The van der Waals surface area contributed by atoms with Crippen LogP contribution >= 0.6 is 0 Å². The Morgan fingerprint density at radius 1 is 0.967 bits per heavy atom. The zero-order valence-electron chi connectivity index (χ0n) is 17.3. The van der Waals surface area contributed by atoms with Crippen LogP contribution in [0.2, 0.25) is 0 Å². The van der Waals surface area contributed by atoms with E-state index in [0.717, 1.165) is 42.9 Å². The second kappa shape index (κ2) is 11.8. The molecular weight excluding hydrogens is 380 g/mol. The Bertz CT molecular complexity index is 788. The quantitative estimate of drug-likeness (QED) is 0.700. The largest absolute Gasteiger partial charge is 0.487 e. The molecule has 1 aliphatic heterocycles. The molecule has 1 saturated heterocycles. The number of pyridine rings is 1. The molecule has 2 aromatic rings. The summed E-state index contributed by atoms with van der Waals surface area (Å²) in [4.78, 5) is 30.3. The number of amides is 3. The number of ether oxygens (including phenoxy) is 1. The maximum absolute atomic E-state index is 12.2. The standard InChI is InChI=1S/C23H30N4O3/c28-22(27-15-5-1-2-6-16-27)12-14-25-23(29)26-17-19-8-10-21(11-9-19)30-18-20-7-3-4-13-24-20/h3-4,7-11,13H,1-2,5-6,12,14-18H2,(H2,25,26,29). The number of carbonyl (C=O) groups excluding carboxylic acids is 2. The molecular formula is C23H30N4O3. The third-order valence-electron chi connectivity index (χ3n) is 5.07. The third kappa shape index (κ3) is 7.39. The number of nitrogens with zero attached hydrogens (tertiary/aromatic N) is 2. The first-order valence-electron chi connectivity index (χ1n) is 10.6. The van der Waals surface area contributed by atoms with E-state index in [9.17, 15) is 9.59 Å². The molecule has 0 unspecified atom stereocenters. The Kier molecular flexibility index (Phi) is 8.50. The molecule has 0 aliphatic carbocycles. The second-order valence-corrected chi connectivity index (χ2v) is 7.41. The normalized spacial score (nSPS) is 13.9. The minimum atomic E-state index is -0.269. The molecule has 7 nitrogen and oxygen atoms in total. The molecule has 0 radical (unpaired) electrons. The zero-order valence-corrected chi connectivity index (χ0v) is 17.3. The molecule has 7 heteroatoms. The van der Waals surface area contributed by atoms with E-state index in [1.54, 1.807) is 6.20 Å². The van der Waals surface area contributed by atoms with E-state index in [4.69, 9.17) is 4.74 Å². The number of hydrogen-bond acceptors (Lipinski definition) is 4. The summed E-state index contributed by atoms with van der Waals surface area (Å²) in [5, 5.41) is 5.57. The van der Waals surface area contributed by atoms with Gasteiger partial charge in [-0.3, -0.25) is 9.78 Å². The molecule has 0 bridgehead atoms. The Labute approximate surface area is 177 Å². The molecule has 1 aromatic heterocycles. The number of hydrogen-bond donors (Lipinski definition) is 2. The summed E-state index contributed by atoms with van der Waals surface area (Å²) < 4.78 is 5.71. The van der Waals surface area contributed by atoms with Gasteiger partial charge in [0.2, 0.25) is 5.91 Å². The van der Waals surface area contributed by atoms with Gasteiger partial charge < -0.3 is 20.3 Å². The molecule has 0 spiro atoms. The summed E-state index contributed by atoms with van der Waals surface area (Å²) >= 11 is 0. The molecule has 0 atom stereocenters. The van der Waals surface area contributed by atoms with Crippen LogP contribution in [0.25, 0.3) is 0 Å². The van der Waals surface area contributed by atoms with Gasteiger partial charge >= 0.3 is 6.03 Å². The number of aromatic nitrogens is 1. The second-order valence-electron chi connectivity index (χ2n) is 7.41. The van der Waals surface area contributed by atoms with Crippen molar-refractivity contribution in [3.8, 4) is 5.75 Å². The van der Waals surface area contributed by atoms with Gasteiger partial charge in [-0.15, -0.1) is 0 Å². The van der Waals surface area contributed by atoms with Crippen LogP contribution in [0.15, 0.2) is 48.7 Å². The van der Waals surface area contributed by atoms with Crippen molar-refractivity contribution >= 4 is 11.9 Å². The molecule has 160 valence electrons. The Hall–Kier alpha value is -3.09. The Morgan fingerprint density at radius 2 is 1.73 bits per heavy atom. The average Bonchev–Trinajstić information content (AvgIpc) is 3.07. The third-order valence-corrected chi connectivity index (χ3v) is 5.07. The number of rotatable bonds is 8. The van der Waals surface area contributed by atoms with Crippen molar-refractivity contribution < 1.29 is 14.3 Å². The lowest BCUT2D eigenvalue weighted by molar-refractivity contribution is -0.131. The Morgan fingerprint density at radius 3 is 2.43 bits per heavy atom. The predicted octanol–water partition coefficient (Wildman–Crippen LogP) is 3.25. The van der Waals surface area contributed by atoms with Gasteiger partial charge in [0.05, 0.1) is 5.69 Å². The Balaban J connectivity index is 1.31. The molecule has 0 saturated carbocycles. The van der Waals surface area contributed by atoms with Crippen LogP contribution < -0.4 is 15.4 Å². The summed E-state index contributed by atoms with van der Waals surface area (Å²) in [5.41, 5.74) is 1.84. The first-order valence-corrected chi connectivity index (χ1v) is 10.6. The maximum Gasteiger partial charge on any atom is 0.315 e. The van der Waals surface area contributed by atoms with Crippen molar-refractivity contribution in [2.45, 2.75) is 45.3 Å². The monoisotopic (exact) mass is 410 g/mol. The minimum absolute atomic E-state index is 0.124. The summed E-state index contributed by atoms with van der Waals surface area (Å²) in [5.74, 6) is 0.874. The lowest BCUT2D eigenvalue weighted by atomic mass is 10.2. The number of likely N-dealkylation sites (tertiary alicyclic amines) is 1. The van der Waals surface area contributed by atoms with Crippen molar-refractivity contribution in [2.75, 3.05) is 19.6 Å². The van der Waals surface area contributed by atoms with Gasteiger partial charge in [-0.05, 0) is 42.7 Å². The topological polar surface area (TPSA) is 83.6 Å². The van der Waals surface area contributed by atoms with Crippen LogP contribution in [0.5, 0.6) is 5.75 Å². The highest BCUT2D eigenvalue weighted by Crippen LogP contribution is 2.14. The number of nitrogens with one attached hydrogen (secondary N) is 2. The SMILES string of the molecule is O=C(NCCC(=O)N1CCCCCC1)NCc1ccc(OCc2ccccn2)cc1. The van der Waals surface area contributed by atoms with Gasteiger partial charge in [0, 0.05) is 38.8 Å². The fraction of sp³-hybridized carbons (Fsp3) is 0.435. The molecule has 2 heterocycles. The van der Waals surface area contributed by atoms with E-state index in [0.29, 0.717) is 26.1 Å². The first-order chi connectivity index (χ1) is 14.7. The van der Waals surface area contributed by atoms with Crippen molar-refractivity contribution in [1.82, 2.24) is 20.5 Å². The molecule has 1 aliphatic rings. The molecule has 2 N–H and O–H groups in total. The highest BCUT2D eigenvalue weighted by Gasteiger charge is 2.15. The first kappa shape index (κ1) is 21.6. The van der Waals surface area contributed by atoms with Crippen molar-refractivity contribution in [3.63, 3.8) is 0 Å². The summed E-state index contributed by atoms with van der Waals surface area (Å²) in [6.45, 7) is 2.85. The van der Waals surface area contributed by atoms with Gasteiger partial charge in [0.15, 0.2) is 0 Å². The molecule has 30 heavy (non-hydrogen) atoms. The number of benzene rings is 1. The minimum Gasteiger partial charge on any atom is -0.487 e. The van der Waals surface area contributed by atoms with Crippen molar-refractivity contribution in [1.29, 1.82) is 0 Å². The molecule has 1 fully saturated rings. The van der Waals surface area contributed by atoms with E-state index in [1.165, 1.54) is 12.8 Å². The maximum atomic E-state index is 12.2. The van der Waals surface area contributed by atoms with Gasteiger partial charge in [-0.1, -0.05) is 31.0 Å². The van der Waals surface area contributed by atoms with Gasteiger partial charge in [-0.25, -0.2) is 4.79 Å². The molecule has 1 aromatic carbocycles. The lowest BCUT2D eigenvalue weighted by Crippen LogP contribution is -2.38. The fourth-order valence-electron chi connectivity index (χ4n) is 3.35. The summed E-state index contributed by atoms with van der Waals surface area (Å²) in [6.07, 6.45) is 6.63. The van der Waals surface area contributed by atoms with Crippen molar-refractivity contribution in [3.05, 3.63) is 59.9 Å². The molecule has 3 amide bonds. The van der Waals surface area contributed by atoms with Crippen LogP contribution in [0.3, 0.4) is 0 Å². The average molecular weight is 411 g/mol. The van der Waals surface area contributed by atoms with Crippen LogP contribution in [-0.2, 0) is 17.9 Å².